The number of benzene rings is 3. The van der Waals surface area contributed by atoms with Crippen LogP contribution in [0.1, 0.15) is 32.4 Å². The monoisotopic (exact) mass is 432 g/mol. The van der Waals surface area contributed by atoms with E-state index in [2.05, 4.69) is 23.5 Å². The third-order valence-electron chi connectivity index (χ3n) is 5.30. The Morgan fingerprint density at radius 2 is 1.74 bits per heavy atom. The largest absolute Gasteiger partial charge is 0.497 e. The van der Waals surface area contributed by atoms with Gasteiger partial charge in [-0.3, -0.25) is 14.5 Å². The summed E-state index contributed by atoms with van der Waals surface area (Å²) in [6, 6.07) is 20.8. The van der Waals surface area contributed by atoms with E-state index < -0.39 is 0 Å². The Kier molecular flexibility index (Phi) is 6.00. The molecule has 3 aromatic carbocycles. The van der Waals surface area contributed by atoms with Crippen LogP contribution in [-0.2, 0) is 4.79 Å². The maximum absolute atomic E-state index is 12.7. The van der Waals surface area contributed by atoms with Crippen LogP contribution in [0.3, 0.4) is 0 Å². The Hall–Kier alpha value is -3.25. The first-order valence-electron chi connectivity index (χ1n) is 10.0. The predicted molar refractivity (Wildman–Crippen MR) is 126 cm³/mol. The molecule has 0 aromatic heterocycles. The number of amides is 2. The number of methoxy groups -OCH3 is 1. The molecule has 3 aromatic rings. The van der Waals surface area contributed by atoms with Gasteiger partial charge in [-0.1, -0.05) is 24.3 Å². The molecule has 0 bridgehead atoms. The molecular formula is C25H24N2O3S. The molecule has 31 heavy (non-hydrogen) atoms. The normalized spacial score (nSPS) is 15.8. The predicted octanol–water partition coefficient (Wildman–Crippen LogP) is 5.34. The number of anilines is 2. The van der Waals surface area contributed by atoms with Gasteiger partial charge in [-0.2, -0.15) is 0 Å². The molecular weight excluding hydrogens is 408 g/mol. The van der Waals surface area contributed by atoms with Gasteiger partial charge >= 0.3 is 0 Å². The average Bonchev–Trinajstić information content (AvgIpc) is 3.17. The van der Waals surface area contributed by atoms with E-state index in [4.69, 9.17) is 4.74 Å². The van der Waals surface area contributed by atoms with Crippen molar-refractivity contribution in [2.75, 3.05) is 23.1 Å². The summed E-state index contributed by atoms with van der Waals surface area (Å²) in [5, 5.41) is 2.83. The maximum Gasteiger partial charge on any atom is 0.255 e. The maximum atomic E-state index is 12.7. The Labute approximate surface area is 186 Å². The second-order valence-corrected chi connectivity index (χ2v) is 8.59. The number of rotatable bonds is 5. The van der Waals surface area contributed by atoms with Crippen molar-refractivity contribution in [1.29, 1.82) is 0 Å². The van der Waals surface area contributed by atoms with E-state index in [-0.39, 0.29) is 17.2 Å². The first kappa shape index (κ1) is 21.0. The van der Waals surface area contributed by atoms with Crippen molar-refractivity contribution in [1.82, 2.24) is 0 Å². The number of carbonyl (C=O) groups is 2. The van der Waals surface area contributed by atoms with Crippen molar-refractivity contribution in [3.05, 3.63) is 89.0 Å². The van der Waals surface area contributed by atoms with Crippen molar-refractivity contribution < 1.29 is 14.3 Å². The summed E-state index contributed by atoms with van der Waals surface area (Å²) in [5.74, 6) is 1.09. The Morgan fingerprint density at radius 3 is 2.42 bits per heavy atom. The first-order valence-corrected chi connectivity index (χ1v) is 11.1. The van der Waals surface area contributed by atoms with Crippen LogP contribution in [0, 0.1) is 13.8 Å². The topological polar surface area (TPSA) is 58.6 Å². The SMILES string of the molecule is COc1ccc(C(=O)Nc2ccc(C3SCC(=O)N3c3cc(C)ccc3C)cc2)cc1. The molecule has 1 heterocycles. The summed E-state index contributed by atoms with van der Waals surface area (Å²) < 4.78 is 5.13. The van der Waals surface area contributed by atoms with Gasteiger partial charge in [-0.15, -0.1) is 11.8 Å². The molecule has 1 fully saturated rings. The number of ether oxygens (including phenoxy) is 1. The quantitative estimate of drug-likeness (QED) is 0.591. The fourth-order valence-electron chi connectivity index (χ4n) is 3.59. The smallest absolute Gasteiger partial charge is 0.255 e. The van der Waals surface area contributed by atoms with E-state index in [1.165, 1.54) is 0 Å². The van der Waals surface area contributed by atoms with Crippen molar-refractivity contribution >= 4 is 35.0 Å². The number of aryl methyl sites for hydroxylation is 2. The molecule has 0 saturated carbocycles. The van der Waals surface area contributed by atoms with Crippen LogP contribution in [0.2, 0.25) is 0 Å². The summed E-state index contributed by atoms with van der Waals surface area (Å²) in [6.45, 7) is 4.06. The zero-order valence-corrected chi connectivity index (χ0v) is 18.5. The molecule has 1 atom stereocenters. The fourth-order valence-corrected chi connectivity index (χ4v) is 4.76. The second-order valence-electron chi connectivity index (χ2n) is 7.52. The number of carbonyl (C=O) groups excluding carboxylic acids is 2. The minimum absolute atomic E-state index is 0.0839. The lowest BCUT2D eigenvalue weighted by Crippen LogP contribution is -2.28. The van der Waals surface area contributed by atoms with Crippen LogP contribution in [0.4, 0.5) is 11.4 Å². The van der Waals surface area contributed by atoms with E-state index in [0.717, 1.165) is 22.4 Å². The van der Waals surface area contributed by atoms with Crippen LogP contribution >= 0.6 is 11.8 Å². The van der Waals surface area contributed by atoms with Crippen molar-refractivity contribution in [2.45, 2.75) is 19.2 Å². The minimum atomic E-state index is -0.183. The lowest BCUT2D eigenvalue weighted by molar-refractivity contribution is -0.115. The summed E-state index contributed by atoms with van der Waals surface area (Å²) in [7, 11) is 1.59. The summed E-state index contributed by atoms with van der Waals surface area (Å²) >= 11 is 1.62. The summed E-state index contributed by atoms with van der Waals surface area (Å²) in [4.78, 5) is 27.1. The van der Waals surface area contributed by atoms with Gasteiger partial charge in [-0.25, -0.2) is 0 Å². The highest BCUT2D eigenvalue weighted by Crippen LogP contribution is 2.43. The zero-order valence-electron chi connectivity index (χ0n) is 17.7. The van der Waals surface area contributed by atoms with E-state index >= 15 is 0 Å². The van der Waals surface area contributed by atoms with E-state index in [0.29, 0.717) is 22.8 Å². The molecule has 1 unspecified atom stereocenters. The molecule has 5 nitrogen and oxygen atoms in total. The van der Waals surface area contributed by atoms with Gasteiger partial charge in [0, 0.05) is 16.9 Å². The van der Waals surface area contributed by atoms with Gasteiger partial charge in [0.1, 0.15) is 11.1 Å². The number of nitrogens with zero attached hydrogens (tertiary/aromatic N) is 1. The van der Waals surface area contributed by atoms with Crippen LogP contribution in [0.25, 0.3) is 0 Å². The van der Waals surface area contributed by atoms with Gasteiger partial charge in [0.05, 0.1) is 12.9 Å². The lowest BCUT2D eigenvalue weighted by atomic mass is 10.1. The van der Waals surface area contributed by atoms with Crippen molar-refractivity contribution in [2.24, 2.45) is 0 Å². The number of thioether (sulfide) groups is 1. The highest BCUT2D eigenvalue weighted by molar-refractivity contribution is 8.00. The van der Waals surface area contributed by atoms with Gasteiger partial charge in [0.2, 0.25) is 5.91 Å². The second kappa shape index (κ2) is 8.86. The van der Waals surface area contributed by atoms with Crippen LogP contribution in [0.15, 0.2) is 66.7 Å². The summed E-state index contributed by atoms with van der Waals surface area (Å²) in [5.41, 5.74) is 5.45. The fraction of sp³-hybridized carbons (Fsp3) is 0.200. The third kappa shape index (κ3) is 4.44. The van der Waals surface area contributed by atoms with Gasteiger partial charge in [0.25, 0.3) is 5.91 Å². The van der Waals surface area contributed by atoms with Crippen LogP contribution in [0.5, 0.6) is 5.75 Å². The first-order chi connectivity index (χ1) is 15.0. The van der Waals surface area contributed by atoms with Crippen molar-refractivity contribution in [3.63, 3.8) is 0 Å². The minimum Gasteiger partial charge on any atom is -0.497 e. The highest BCUT2D eigenvalue weighted by Gasteiger charge is 2.34. The van der Waals surface area contributed by atoms with E-state index in [1.807, 2.05) is 43.0 Å². The molecule has 6 heteroatoms. The van der Waals surface area contributed by atoms with Crippen LogP contribution in [-0.4, -0.2) is 24.7 Å². The highest BCUT2D eigenvalue weighted by atomic mass is 32.2. The van der Waals surface area contributed by atoms with Gasteiger partial charge in [-0.05, 0) is 73.0 Å². The molecule has 158 valence electrons. The third-order valence-corrected chi connectivity index (χ3v) is 6.51. The van der Waals surface area contributed by atoms with Gasteiger partial charge in [0.15, 0.2) is 0 Å². The molecule has 0 spiro atoms. The number of nitrogens with one attached hydrogen (secondary N) is 1. The molecule has 0 aliphatic carbocycles. The van der Waals surface area contributed by atoms with Gasteiger partial charge < -0.3 is 10.1 Å². The van der Waals surface area contributed by atoms with E-state index in [9.17, 15) is 9.59 Å². The summed E-state index contributed by atoms with van der Waals surface area (Å²) in [6.07, 6.45) is 0. The molecule has 1 N–H and O–H groups in total. The molecule has 1 saturated heterocycles. The molecule has 1 aliphatic heterocycles. The molecule has 1 aliphatic rings. The molecule has 4 rings (SSSR count). The Balaban J connectivity index is 1.52. The number of hydrogen-bond acceptors (Lipinski definition) is 4. The van der Waals surface area contributed by atoms with Crippen molar-refractivity contribution in [3.8, 4) is 5.75 Å². The Bertz CT molecular complexity index is 1110. The Morgan fingerprint density at radius 1 is 1.03 bits per heavy atom. The van der Waals surface area contributed by atoms with Crippen LogP contribution < -0.4 is 15.0 Å². The molecule has 2 amide bonds. The molecule has 0 radical (unpaired) electrons. The zero-order chi connectivity index (χ0) is 22.0. The number of hydrogen-bond donors (Lipinski definition) is 1. The van der Waals surface area contributed by atoms with E-state index in [1.54, 1.807) is 43.1 Å². The lowest BCUT2D eigenvalue weighted by Gasteiger charge is -2.26. The average molecular weight is 433 g/mol. The standard InChI is InChI=1S/C25H24N2O3S/c1-16-4-5-17(2)22(14-16)27-23(28)15-31-25(27)19-6-10-20(11-7-19)26-24(29)18-8-12-21(30-3)13-9-18/h4-14,25H,15H2,1-3H3,(H,26,29).